The van der Waals surface area contributed by atoms with E-state index in [1.54, 1.807) is 17.9 Å². The number of hydrogen-bond acceptors (Lipinski definition) is 4. The number of nitrogen functional groups attached to an aromatic ring is 1. The molecule has 0 saturated carbocycles. The third-order valence-corrected chi connectivity index (χ3v) is 2.31. The van der Waals surface area contributed by atoms with Gasteiger partial charge in [-0.15, -0.1) is 0 Å². The molecule has 16 heavy (non-hydrogen) atoms. The lowest BCUT2D eigenvalue weighted by Crippen LogP contribution is -2.02. The summed E-state index contributed by atoms with van der Waals surface area (Å²) in [6.45, 7) is 3.75. The molecular formula is C11H14N4O. The maximum atomic E-state index is 5.70. The summed E-state index contributed by atoms with van der Waals surface area (Å²) in [6, 6.07) is 5.45. The minimum atomic E-state index is 0.662. The van der Waals surface area contributed by atoms with Crippen molar-refractivity contribution in [2.45, 2.75) is 13.8 Å². The number of rotatable bonds is 2. The van der Waals surface area contributed by atoms with E-state index in [0.717, 1.165) is 17.3 Å². The normalized spacial score (nSPS) is 10.4. The first-order valence-corrected chi connectivity index (χ1v) is 4.96. The zero-order chi connectivity index (χ0) is 11.7. The minimum absolute atomic E-state index is 0.662. The highest BCUT2D eigenvalue weighted by Crippen LogP contribution is 2.25. The van der Waals surface area contributed by atoms with Gasteiger partial charge in [0, 0.05) is 11.8 Å². The molecule has 0 radical (unpaired) electrons. The third kappa shape index (κ3) is 1.71. The summed E-state index contributed by atoms with van der Waals surface area (Å²) in [7, 11) is 1.61. The Morgan fingerprint density at radius 3 is 2.62 bits per heavy atom. The van der Waals surface area contributed by atoms with Crippen LogP contribution in [0.5, 0.6) is 5.75 Å². The SMILES string of the molecule is COc1cc(N)ccc1-n1nc(C)nc1C. The number of methoxy groups -OCH3 is 1. The van der Waals surface area contributed by atoms with Crippen molar-refractivity contribution in [2.75, 3.05) is 12.8 Å². The molecule has 5 nitrogen and oxygen atoms in total. The van der Waals surface area contributed by atoms with Crippen molar-refractivity contribution in [3.63, 3.8) is 0 Å². The summed E-state index contributed by atoms with van der Waals surface area (Å²) in [6.07, 6.45) is 0. The van der Waals surface area contributed by atoms with Gasteiger partial charge in [-0.1, -0.05) is 0 Å². The summed E-state index contributed by atoms with van der Waals surface area (Å²) >= 11 is 0. The maximum absolute atomic E-state index is 5.70. The number of ether oxygens (including phenoxy) is 1. The topological polar surface area (TPSA) is 66.0 Å². The molecule has 0 spiro atoms. The number of anilines is 1. The second-order valence-corrected chi connectivity index (χ2v) is 3.55. The van der Waals surface area contributed by atoms with Crippen LogP contribution in [-0.4, -0.2) is 21.9 Å². The van der Waals surface area contributed by atoms with Crippen LogP contribution in [0.2, 0.25) is 0 Å². The van der Waals surface area contributed by atoms with Crippen LogP contribution < -0.4 is 10.5 Å². The summed E-state index contributed by atoms with van der Waals surface area (Å²) < 4.78 is 7.02. The molecule has 0 unspecified atom stereocenters. The predicted molar refractivity (Wildman–Crippen MR) is 61.8 cm³/mol. The van der Waals surface area contributed by atoms with Crippen LogP contribution in [0, 0.1) is 13.8 Å². The smallest absolute Gasteiger partial charge is 0.148 e. The molecule has 2 N–H and O–H groups in total. The first kappa shape index (κ1) is 10.5. The van der Waals surface area contributed by atoms with Gasteiger partial charge in [0.25, 0.3) is 0 Å². The number of aromatic nitrogens is 3. The molecule has 0 aliphatic rings. The number of nitrogens with zero attached hydrogens (tertiary/aromatic N) is 3. The van der Waals surface area contributed by atoms with Crippen molar-refractivity contribution in [3.05, 3.63) is 29.8 Å². The maximum Gasteiger partial charge on any atom is 0.148 e. The molecule has 0 aliphatic carbocycles. The fourth-order valence-electron chi connectivity index (χ4n) is 1.62. The largest absolute Gasteiger partial charge is 0.494 e. The molecule has 1 heterocycles. The van der Waals surface area contributed by atoms with Gasteiger partial charge in [-0.25, -0.2) is 9.67 Å². The lowest BCUT2D eigenvalue weighted by molar-refractivity contribution is 0.411. The highest BCUT2D eigenvalue weighted by atomic mass is 16.5. The van der Waals surface area contributed by atoms with E-state index in [0.29, 0.717) is 11.4 Å². The number of aryl methyl sites for hydroxylation is 2. The second-order valence-electron chi connectivity index (χ2n) is 3.55. The van der Waals surface area contributed by atoms with Crippen LogP contribution in [0.1, 0.15) is 11.6 Å². The molecule has 5 heteroatoms. The summed E-state index contributed by atoms with van der Waals surface area (Å²) in [4.78, 5) is 4.25. The Hall–Kier alpha value is -2.04. The van der Waals surface area contributed by atoms with E-state index >= 15 is 0 Å². The Kier molecular flexibility index (Phi) is 2.52. The lowest BCUT2D eigenvalue weighted by Gasteiger charge is -2.09. The first-order chi connectivity index (χ1) is 7.61. The van der Waals surface area contributed by atoms with Gasteiger partial charge in [0.2, 0.25) is 0 Å². The van der Waals surface area contributed by atoms with Crippen LogP contribution in [0.3, 0.4) is 0 Å². The van der Waals surface area contributed by atoms with Gasteiger partial charge in [0.1, 0.15) is 23.1 Å². The minimum Gasteiger partial charge on any atom is -0.494 e. The van der Waals surface area contributed by atoms with Crippen molar-refractivity contribution in [1.29, 1.82) is 0 Å². The zero-order valence-corrected chi connectivity index (χ0v) is 9.56. The van der Waals surface area contributed by atoms with Crippen molar-refractivity contribution in [3.8, 4) is 11.4 Å². The van der Waals surface area contributed by atoms with Crippen LogP contribution >= 0.6 is 0 Å². The second kappa shape index (κ2) is 3.84. The van der Waals surface area contributed by atoms with E-state index in [2.05, 4.69) is 10.1 Å². The van der Waals surface area contributed by atoms with Gasteiger partial charge in [-0.05, 0) is 26.0 Å². The van der Waals surface area contributed by atoms with Crippen molar-refractivity contribution in [1.82, 2.24) is 14.8 Å². The summed E-state index contributed by atoms with van der Waals surface area (Å²) in [5, 5.41) is 4.30. The average Bonchev–Trinajstić information content (AvgIpc) is 2.57. The van der Waals surface area contributed by atoms with Gasteiger partial charge >= 0.3 is 0 Å². The molecule has 0 amide bonds. The van der Waals surface area contributed by atoms with E-state index in [-0.39, 0.29) is 0 Å². The van der Waals surface area contributed by atoms with Gasteiger partial charge in [-0.2, -0.15) is 5.10 Å². The summed E-state index contributed by atoms with van der Waals surface area (Å²) in [5.74, 6) is 2.24. The average molecular weight is 218 g/mol. The highest BCUT2D eigenvalue weighted by molar-refractivity contribution is 5.55. The molecule has 0 atom stereocenters. The van der Waals surface area contributed by atoms with Crippen LogP contribution in [0.4, 0.5) is 5.69 Å². The molecule has 2 rings (SSSR count). The van der Waals surface area contributed by atoms with Crippen molar-refractivity contribution in [2.24, 2.45) is 0 Å². The Balaban J connectivity index is 2.59. The fourth-order valence-corrected chi connectivity index (χ4v) is 1.62. The van der Waals surface area contributed by atoms with Gasteiger partial charge in [0.15, 0.2) is 0 Å². The van der Waals surface area contributed by atoms with Gasteiger partial charge < -0.3 is 10.5 Å². The monoisotopic (exact) mass is 218 g/mol. The number of nitrogens with two attached hydrogens (primary N) is 1. The molecule has 1 aromatic carbocycles. The number of hydrogen-bond donors (Lipinski definition) is 1. The third-order valence-electron chi connectivity index (χ3n) is 2.31. The predicted octanol–water partition coefficient (Wildman–Crippen LogP) is 1.47. The fraction of sp³-hybridized carbons (Fsp3) is 0.273. The Labute approximate surface area is 93.9 Å². The molecule has 0 fully saturated rings. The van der Waals surface area contributed by atoms with E-state index in [9.17, 15) is 0 Å². The quantitative estimate of drug-likeness (QED) is 0.775. The van der Waals surface area contributed by atoms with E-state index in [1.807, 2.05) is 26.0 Å². The van der Waals surface area contributed by atoms with Crippen LogP contribution in [-0.2, 0) is 0 Å². The first-order valence-electron chi connectivity index (χ1n) is 4.96. The summed E-state index contributed by atoms with van der Waals surface area (Å²) in [5.41, 5.74) is 7.20. The molecule has 1 aromatic heterocycles. The number of benzene rings is 1. The van der Waals surface area contributed by atoms with Crippen molar-refractivity contribution < 1.29 is 4.74 Å². The molecule has 84 valence electrons. The highest BCUT2D eigenvalue weighted by Gasteiger charge is 2.10. The standard InChI is InChI=1S/C11H14N4O/c1-7-13-8(2)15(14-7)10-5-4-9(12)6-11(10)16-3/h4-6H,12H2,1-3H3. The van der Waals surface area contributed by atoms with Gasteiger partial charge in [-0.3, -0.25) is 0 Å². The van der Waals surface area contributed by atoms with E-state index in [1.165, 1.54) is 0 Å². The molecule has 0 bridgehead atoms. The zero-order valence-electron chi connectivity index (χ0n) is 9.56. The Morgan fingerprint density at radius 2 is 2.06 bits per heavy atom. The lowest BCUT2D eigenvalue weighted by atomic mass is 10.2. The van der Waals surface area contributed by atoms with E-state index < -0.39 is 0 Å². The van der Waals surface area contributed by atoms with E-state index in [4.69, 9.17) is 10.5 Å². The molecule has 0 saturated heterocycles. The van der Waals surface area contributed by atoms with Crippen molar-refractivity contribution >= 4 is 5.69 Å². The van der Waals surface area contributed by atoms with Crippen LogP contribution in [0.15, 0.2) is 18.2 Å². The van der Waals surface area contributed by atoms with Crippen LogP contribution in [0.25, 0.3) is 5.69 Å². The Morgan fingerprint density at radius 1 is 1.31 bits per heavy atom. The van der Waals surface area contributed by atoms with Gasteiger partial charge in [0.05, 0.1) is 7.11 Å². The molecule has 2 aromatic rings. The molecule has 0 aliphatic heterocycles. The Bertz CT molecular complexity index is 519. The molecular weight excluding hydrogens is 204 g/mol.